The fourth-order valence-corrected chi connectivity index (χ4v) is 1.34. The summed E-state index contributed by atoms with van der Waals surface area (Å²) in [6.07, 6.45) is 3.67. The smallest absolute Gasteiger partial charge is 0.220 e. The number of carbonyl (C=O) groups excluding carboxylic acids is 1. The summed E-state index contributed by atoms with van der Waals surface area (Å²) in [5.74, 6) is 0.153. The fourth-order valence-electron chi connectivity index (χ4n) is 1.34. The average Bonchev–Trinajstić information content (AvgIpc) is 2.94. The predicted molar refractivity (Wildman–Crippen MR) is 64.2 cm³/mol. The molecule has 3 N–H and O–H groups in total. The summed E-state index contributed by atoms with van der Waals surface area (Å²) in [5, 5.41) is 15.9. The molecule has 1 amide bonds. The van der Waals surface area contributed by atoms with Gasteiger partial charge in [-0.15, -0.1) is 0 Å². The Hall–Kier alpha value is -0.610. The monoisotopic (exact) mass is 228 g/mol. The van der Waals surface area contributed by atoms with Crippen molar-refractivity contribution < 1.29 is 9.90 Å². The molecule has 16 heavy (non-hydrogen) atoms. The van der Waals surface area contributed by atoms with Crippen LogP contribution in [-0.2, 0) is 4.79 Å². The SMILES string of the molecule is CC(NCCCC(=O)NC1CC1)C(C)(C)O. The maximum Gasteiger partial charge on any atom is 0.220 e. The van der Waals surface area contributed by atoms with Gasteiger partial charge in [0.25, 0.3) is 0 Å². The summed E-state index contributed by atoms with van der Waals surface area (Å²) in [5.41, 5.74) is -0.712. The standard InChI is InChI=1S/C12H24N2O2/c1-9(12(2,3)16)13-8-4-5-11(15)14-10-6-7-10/h9-10,13,16H,4-8H2,1-3H3,(H,14,15). The lowest BCUT2D eigenvalue weighted by atomic mass is 10.0. The number of nitrogens with one attached hydrogen (secondary N) is 2. The molecule has 1 aliphatic rings. The number of amides is 1. The molecule has 94 valence electrons. The van der Waals surface area contributed by atoms with E-state index in [1.807, 2.05) is 6.92 Å². The van der Waals surface area contributed by atoms with Crippen molar-refractivity contribution in [1.82, 2.24) is 10.6 Å². The Morgan fingerprint density at radius 2 is 2.12 bits per heavy atom. The van der Waals surface area contributed by atoms with Gasteiger partial charge in [0.05, 0.1) is 5.60 Å². The van der Waals surface area contributed by atoms with E-state index < -0.39 is 5.60 Å². The summed E-state index contributed by atoms with van der Waals surface area (Å²) in [4.78, 5) is 11.3. The Kier molecular flexibility index (Phi) is 4.74. The van der Waals surface area contributed by atoms with E-state index in [9.17, 15) is 9.90 Å². The highest BCUT2D eigenvalue weighted by atomic mass is 16.3. The van der Waals surface area contributed by atoms with E-state index in [1.165, 1.54) is 0 Å². The molecule has 1 saturated carbocycles. The van der Waals surface area contributed by atoms with E-state index in [0.717, 1.165) is 25.8 Å². The van der Waals surface area contributed by atoms with Crippen molar-refractivity contribution in [3.8, 4) is 0 Å². The van der Waals surface area contributed by atoms with Crippen molar-refractivity contribution in [2.24, 2.45) is 0 Å². The Balaban J connectivity index is 2.00. The molecule has 1 unspecified atom stereocenters. The van der Waals surface area contributed by atoms with Crippen molar-refractivity contribution in [1.29, 1.82) is 0 Å². The van der Waals surface area contributed by atoms with Gasteiger partial charge in [0.2, 0.25) is 5.91 Å². The largest absolute Gasteiger partial charge is 0.389 e. The molecule has 1 fully saturated rings. The number of aliphatic hydroxyl groups is 1. The van der Waals surface area contributed by atoms with Crippen molar-refractivity contribution in [3.05, 3.63) is 0 Å². The molecule has 1 aliphatic carbocycles. The predicted octanol–water partition coefficient (Wildman–Crippen LogP) is 0.794. The van der Waals surface area contributed by atoms with Crippen LogP contribution in [0.5, 0.6) is 0 Å². The number of hydrogen-bond donors (Lipinski definition) is 3. The highest BCUT2D eigenvalue weighted by Crippen LogP contribution is 2.18. The normalized spacial score (nSPS) is 18.2. The molecule has 0 bridgehead atoms. The first-order valence-corrected chi connectivity index (χ1v) is 6.14. The zero-order chi connectivity index (χ0) is 12.2. The third kappa shape index (κ3) is 5.47. The summed E-state index contributed by atoms with van der Waals surface area (Å²) in [6.45, 7) is 6.28. The quantitative estimate of drug-likeness (QED) is 0.565. The van der Waals surface area contributed by atoms with Crippen molar-refractivity contribution >= 4 is 5.91 Å². The first kappa shape index (κ1) is 13.5. The maximum atomic E-state index is 11.3. The van der Waals surface area contributed by atoms with Gasteiger partial charge in [-0.05, 0) is 46.6 Å². The molecular weight excluding hydrogens is 204 g/mol. The van der Waals surface area contributed by atoms with Crippen LogP contribution in [0.2, 0.25) is 0 Å². The number of hydrogen-bond acceptors (Lipinski definition) is 3. The molecule has 0 saturated heterocycles. The fraction of sp³-hybridized carbons (Fsp3) is 0.917. The van der Waals surface area contributed by atoms with Gasteiger partial charge < -0.3 is 15.7 Å². The van der Waals surface area contributed by atoms with Crippen LogP contribution in [0.25, 0.3) is 0 Å². The van der Waals surface area contributed by atoms with Crippen LogP contribution in [0.1, 0.15) is 46.5 Å². The zero-order valence-corrected chi connectivity index (χ0v) is 10.5. The van der Waals surface area contributed by atoms with Crippen LogP contribution < -0.4 is 10.6 Å². The van der Waals surface area contributed by atoms with Crippen LogP contribution in [0.3, 0.4) is 0 Å². The first-order chi connectivity index (χ1) is 7.39. The second-order valence-electron chi connectivity index (χ2n) is 5.27. The van der Waals surface area contributed by atoms with Crippen LogP contribution >= 0.6 is 0 Å². The molecule has 0 aliphatic heterocycles. The van der Waals surface area contributed by atoms with Gasteiger partial charge in [-0.1, -0.05) is 0 Å². The van der Waals surface area contributed by atoms with Crippen LogP contribution in [0.4, 0.5) is 0 Å². The average molecular weight is 228 g/mol. The lowest BCUT2D eigenvalue weighted by Crippen LogP contribution is -2.45. The molecular formula is C12H24N2O2. The highest BCUT2D eigenvalue weighted by Gasteiger charge is 2.23. The van der Waals surface area contributed by atoms with E-state index in [-0.39, 0.29) is 11.9 Å². The van der Waals surface area contributed by atoms with Gasteiger partial charge in [0, 0.05) is 18.5 Å². The maximum absolute atomic E-state index is 11.3. The van der Waals surface area contributed by atoms with Gasteiger partial charge in [-0.2, -0.15) is 0 Å². The highest BCUT2D eigenvalue weighted by molar-refractivity contribution is 5.76. The summed E-state index contributed by atoms with van der Waals surface area (Å²) < 4.78 is 0. The van der Waals surface area contributed by atoms with Crippen LogP contribution in [-0.4, -0.2) is 35.2 Å². The molecule has 1 atom stereocenters. The van der Waals surface area contributed by atoms with Gasteiger partial charge >= 0.3 is 0 Å². The van der Waals surface area contributed by atoms with Gasteiger partial charge in [0.15, 0.2) is 0 Å². The molecule has 4 nitrogen and oxygen atoms in total. The molecule has 0 aromatic carbocycles. The molecule has 0 aromatic rings. The van der Waals surface area contributed by atoms with Crippen LogP contribution in [0, 0.1) is 0 Å². The second kappa shape index (κ2) is 5.64. The Morgan fingerprint density at radius 3 is 2.62 bits per heavy atom. The summed E-state index contributed by atoms with van der Waals surface area (Å²) in [7, 11) is 0. The lowest BCUT2D eigenvalue weighted by Gasteiger charge is -2.26. The topological polar surface area (TPSA) is 61.4 Å². The minimum atomic E-state index is -0.712. The lowest BCUT2D eigenvalue weighted by molar-refractivity contribution is -0.121. The number of rotatable bonds is 7. The van der Waals surface area contributed by atoms with E-state index in [2.05, 4.69) is 10.6 Å². The Labute approximate surface area is 97.8 Å². The van der Waals surface area contributed by atoms with Crippen molar-refractivity contribution in [3.63, 3.8) is 0 Å². The molecule has 0 spiro atoms. The zero-order valence-electron chi connectivity index (χ0n) is 10.5. The molecule has 4 heteroatoms. The van der Waals surface area contributed by atoms with Crippen LogP contribution in [0.15, 0.2) is 0 Å². The molecule has 0 heterocycles. The van der Waals surface area contributed by atoms with Gasteiger partial charge in [-0.3, -0.25) is 4.79 Å². The first-order valence-electron chi connectivity index (χ1n) is 6.14. The number of carbonyl (C=O) groups is 1. The van der Waals surface area contributed by atoms with Crippen molar-refractivity contribution in [2.75, 3.05) is 6.54 Å². The van der Waals surface area contributed by atoms with Gasteiger partial charge in [0.1, 0.15) is 0 Å². The Bertz CT molecular complexity index is 232. The van der Waals surface area contributed by atoms with E-state index in [1.54, 1.807) is 13.8 Å². The van der Waals surface area contributed by atoms with E-state index in [4.69, 9.17) is 0 Å². The molecule has 0 aromatic heterocycles. The Morgan fingerprint density at radius 1 is 1.50 bits per heavy atom. The molecule has 1 rings (SSSR count). The van der Waals surface area contributed by atoms with Crippen molar-refractivity contribution in [2.45, 2.75) is 64.1 Å². The second-order valence-corrected chi connectivity index (χ2v) is 5.27. The summed E-state index contributed by atoms with van der Waals surface area (Å²) in [6, 6.07) is 0.495. The minimum Gasteiger partial charge on any atom is -0.389 e. The minimum absolute atomic E-state index is 0.0407. The van der Waals surface area contributed by atoms with Gasteiger partial charge in [-0.25, -0.2) is 0 Å². The third-order valence-electron chi connectivity index (χ3n) is 3.03. The van der Waals surface area contributed by atoms with E-state index >= 15 is 0 Å². The third-order valence-corrected chi connectivity index (χ3v) is 3.03. The summed E-state index contributed by atoms with van der Waals surface area (Å²) >= 11 is 0. The molecule has 0 radical (unpaired) electrons. The van der Waals surface area contributed by atoms with E-state index in [0.29, 0.717) is 12.5 Å².